The van der Waals surface area contributed by atoms with Gasteiger partial charge in [0.2, 0.25) is 0 Å². The van der Waals surface area contributed by atoms with Crippen molar-refractivity contribution in [3.63, 3.8) is 0 Å². The molecule has 1 saturated heterocycles. The SMILES string of the molecule is Cc1ccnc(-n2c(C)cc([C@@H]3[C@H](c4ccccn4)N=C4S[C@@H](C)CN43)c2C)c1. The number of amidine groups is 1. The average Bonchev–Trinajstić information content (AvgIpc) is 3.32. The number of aryl methyl sites for hydroxylation is 2. The van der Waals surface area contributed by atoms with Crippen LogP contribution < -0.4 is 0 Å². The average molecular weight is 404 g/mol. The number of hydrogen-bond acceptors (Lipinski definition) is 5. The van der Waals surface area contributed by atoms with Crippen LogP contribution in [-0.2, 0) is 0 Å². The van der Waals surface area contributed by atoms with E-state index in [0.717, 1.165) is 23.2 Å². The summed E-state index contributed by atoms with van der Waals surface area (Å²) < 4.78 is 2.27. The van der Waals surface area contributed by atoms with Crippen molar-refractivity contribution in [1.29, 1.82) is 0 Å². The van der Waals surface area contributed by atoms with Gasteiger partial charge in [0, 0.05) is 35.6 Å². The Morgan fingerprint density at radius 1 is 1.03 bits per heavy atom. The maximum atomic E-state index is 5.11. The van der Waals surface area contributed by atoms with Crippen LogP contribution in [0.1, 0.15) is 47.2 Å². The summed E-state index contributed by atoms with van der Waals surface area (Å²) in [5.74, 6) is 0.976. The summed E-state index contributed by atoms with van der Waals surface area (Å²) in [7, 11) is 0. The second-order valence-electron chi connectivity index (χ2n) is 7.99. The number of aliphatic imine (C=N–C) groups is 1. The summed E-state index contributed by atoms with van der Waals surface area (Å²) >= 11 is 1.88. The van der Waals surface area contributed by atoms with Crippen LogP contribution in [0.5, 0.6) is 0 Å². The molecule has 5 nitrogen and oxygen atoms in total. The van der Waals surface area contributed by atoms with Gasteiger partial charge in [0.05, 0.1) is 11.7 Å². The van der Waals surface area contributed by atoms with Crippen LogP contribution in [0.15, 0.2) is 53.8 Å². The summed E-state index contributed by atoms with van der Waals surface area (Å²) in [6.45, 7) is 9.76. The summed E-state index contributed by atoms with van der Waals surface area (Å²) in [5.41, 5.74) is 5.99. The van der Waals surface area contributed by atoms with Crippen LogP contribution in [0.4, 0.5) is 0 Å². The van der Waals surface area contributed by atoms with E-state index in [1.807, 2.05) is 36.3 Å². The van der Waals surface area contributed by atoms with E-state index in [1.165, 1.54) is 22.5 Å². The lowest BCUT2D eigenvalue weighted by atomic mass is 9.96. The van der Waals surface area contributed by atoms with E-state index in [0.29, 0.717) is 5.25 Å². The Labute approximate surface area is 175 Å². The molecule has 6 heteroatoms. The molecule has 5 rings (SSSR count). The fourth-order valence-corrected chi connectivity index (χ4v) is 5.63. The highest BCUT2D eigenvalue weighted by Gasteiger charge is 2.44. The molecule has 3 atom stereocenters. The molecule has 0 aliphatic carbocycles. The lowest BCUT2D eigenvalue weighted by Crippen LogP contribution is -2.28. The van der Waals surface area contributed by atoms with Gasteiger partial charge in [0.25, 0.3) is 0 Å². The summed E-state index contributed by atoms with van der Waals surface area (Å²) in [4.78, 5) is 16.9. The van der Waals surface area contributed by atoms with Gasteiger partial charge in [-0.3, -0.25) is 9.98 Å². The molecule has 5 heterocycles. The molecule has 0 bridgehead atoms. The molecule has 2 aliphatic rings. The van der Waals surface area contributed by atoms with Crippen molar-refractivity contribution < 1.29 is 0 Å². The van der Waals surface area contributed by atoms with E-state index in [2.05, 4.69) is 71.4 Å². The number of fused-ring (bicyclic) bond motifs is 1. The Morgan fingerprint density at radius 3 is 2.66 bits per heavy atom. The molecule has 0 aromatic carbocycles. The number of aromatic nitrogens is 3. The minimum Gasteiger partial charge on any atom is -0.341 e. The summed E-state index contributed by atoms with van der Waals surface area (Å²) in [6, 6.07) is 12.8. The zero-order valence-electron chi connectivity index (χ0n) is 17.2. The van der Waals surface area contributed by atoms with Gasteiger partial charge in [-0.25, -0.2) is 4.98 Å². The van der Waals surface area contributed by atoms with E-state index < -0.39 is 0 Å². The zero-order valence-corrected chi connectivity index (χ0v) is 18.0. The number of hydrogen-bond donors (Lipinski definition) is 0. The van der Waals surface area contributed by atoms with Gasteiger partial charge < -0.3 is 9.47 Å². The molecule has 0 radical (unpaired) electrons. The Morgan fingerprint density at radius 2 is 1.90 bits per heavy atom. The number of thioether (sulfide) groups is 1. The Hall–Kier alpha value is -2.60. The topological polar surface area (TPSA) is 46.3 Å². The first-order valence-corrected chi connectivity index (χ1v) is 10.9. The molecule has 0 N–H and O–H groups in total. The molecule has 2 aliphatic heterocycles. The van der Waals surface area contributed by atoms with Crippen LogP contribution >= 0.6 is 11.8 Å². The molecule has 3 aromatic rings. The van der Waals surface area contributed by atoms with Crippen molar-refractivity contribution in [2.24, 2.45) is 4.99 Å². The molecular weight excluding hydrogens is 378 g/mol. The maximum absolute atomic E-state index is 5.11. The molecule has 0 amide bonds. The molecule has 0 saturated carbocycles. The minimum absolute atomic E-state index is 0.0191. The number of nitrogens with zero attached hydrogens (tertiary/aromatic N) is 5. The standard InChI is InChI=1S/C23H25N5S/c1-14-8-10-25-20(11-14)28-15(2)12-18(17(28)4)22-21(19-7-5-6-9-24-19)26-23-27(22)13-16(3)29-23/h5-12,16,21-22H,13H2,1-4H3/t16-,21-,22+/m0/s1. The van der Waals surface area contributed by atoms with Gasteiger partial charge in [-0.15, -0.1) is 0 Å². The predicted molar refractivity (Wildman–Crippen MR) is 119 cm³/mol. The van der Waals surface area contributed by atoms with E-state index in [9.17, 15) is 0 Å². The second kappa shape index (κ2) is 7.02. The lowest BCUT2D eigenvalue weighted by molar-refractivity contribution is 0.320. The Bertz CT molecular complexity index is 1090. The largest absolute Gasteiger partial charge is 0.341 e. The van der Waals surface area contributed by atoms with Crippen LogP contribution in [-0.4, -0.2) is 36.4 Å². The van der Waals surface area contributed by atoms with Crippen molar-refractivity contribution in [2.45, 2.75) is 45.0 Å². The van der Waals surface area contributed by atoms with Crippen LogP contribution in [0.25, 0.3) is 5.82 Å². The normalized spacial score (nSPS) is 23.4. The highest BCUT2D eigenvalue weighted by Crippen LogP contribution is 2.48. The highest BCUT2D eigenvalue weighted by molar-refractivity contribution is 8.14. The van der Waals surface area contributed by atoms with Gasteiger partial charge in [-0.2, -0.15) is 0 Å². The molecule has 29 heavy (non-hydrogen) atoms. The molecule has 0 spiro atoms. The van der Waals surface area contributed by atoms with Gasteiger partial charge >= 0.3 is 0 Å². The van der Waals surface area contributed by atoms with Gasteiger partial charge in [-0.1, -0.05) is 24.8 Å². The van der Waals surface area contributed by atoms with Crippen molar-refractivity contribution in [2.75, 3.05) is 6.54 Å². The molecule has 0 unspecified atom stereocenters. The number of rotatable bonds is 3. The van der Waals surface area contributed by atoms with Crippen molar-refractivity contribution in [1.82, 2.24) is 19.4 Å². The third-order valence-corrected chi connectivity index (χ3v) is 6.90. The third-order valence-electron chi connectivity index (χ3n) is 5.80. The fraction of sp³-hybridized carbons (Fsp3) is 0.348. The van der Waals surface area contributed by atoms with Crippen molar-refractivity contribution >= 4 is 16.9 Å². The molecule has 1 fully saturated rings. The Balaban J connectivity index is 1.63. The molecule has 3 aromatic heterocycles. The van der Waals surface area contributed by atoms with Crippen LogP contribution in [0.2, 0.25) is 0 Å². The van der Waals surface area contributed by atoms with Gasteiger partial charge in [0.15, 0.2) is 5.17 Å². The van der Waals surface area contributed by atoms with Crippen LogP contribution in [0.3, 0.4) is 0 Å². The van der Waals surface area contributed by atoms with Crippen LogP contribution in [0, 0.1) is 20.8 Å². The van der Waals surface area contributed by atoms with Crippen molar-refractivity contribution in [3.8, 4) is 5.82 Å². The quantitative estimate of drug-likeness (QED) is 0.631. The smallest absolute Gasteiger partial charge is 0.160 e. The first-order valence-electron chi connectivity index (χ1n) is 10.1. The van der Waals surface area contributed by atoms with Crippen molar-refractivity contribution in [3.05, 3.63) is 77.0 Å². The lowest BCUT2D eigenvalue weighted by Gasteiger charge is -2.27. The first kappa shape index (κ1) is 18.4. The summed E-state index contributed by atoms with van der Waals surface area (Å²) in [6.07, 6.45) is 3.75. The van der Waals surface area contributed by atoms with E-state index >= 15 is 0 Å². The third kappa shape index (κ3) is 3.06. The summed E-state index contributed by atoms with van der Waals surface area (Å²) in [5, 5.41) is 1.71. The predicted octanol–water partition coefficient (Wildman–Crippen LogP) is 4.78. The fourth-order valence-electron chi connectivity index (χ4n) is 4.54. The van der Waals surface area contributed by atoms with Gasteiger partial charge in [0.1, 0.15) is 11.9 Å². The minimum atomic E-state index is 0.0191. The number of pyridine rings is 2. The zero-order chi connectivity index (χ0) is 20.1. The van der Waals surface area contributed by atoms with E-state index in [1.54, 1.807) is 0 Å². The maximum Gasteiger partial charge on any atom is 0.160 e. The second-order valence-corrected chi connectivity index (χ2v) is 9.40. The molecular formula is C23H25N5S. The Kier molecular flexibility index (Phi) is 4.46. The van der Waals surface area contributed by atoms with E-state index in [4.69, 9.17) is 4.99 Å². The monoisotopic (exact) mass is 403 g/mol. The molecule has 148 valence electrons. The van der Waals surface area contributed by atoms with E-state index in [-0.39, 0.29) is 12.1 Å². The first-order chi connectivity index (χ1) is 14.0. The highest BCUT2D eigenvalue weighted by atomic mass is 32.2. The van der Waals surface area contributed by atoms with Gasteiger partial charge in [-0.05, 0) is 62.2 Å².